The van der Waals surface area contributed by atoms with Gasteiger partial charge in [0.1, 0.15) is 5.75 Å². The molecule has 3 nitrogen and oxygen atoms in total. The number of aromatic hydroxyl groups is 1. The fraction of sp³-hybridized carbons (Fsp3) is 0.600. The lowest BCUT2D eigenvalue weighted by Crippen LogP contribution is -2.53. The molecule has 1 saturated heterocycles. The summed E-state index contributed by atoms with van der Waals surface area (Å²) in [6, 6.07) is 5.91. The number of hydrogen-bond donors (Lipinski definition) is 2. The summed E-state index contributed by atoms with van der Waals surface area (Å²) in [4.78, 5) is 0. The van der Waals surface area contributed by atoms with E-state index in [2.05, 4.69) is 13.0 Å². The molecule has 1 heterocycles. The van der Waals surface area contributed by atoms with Crippen LogP contribution in [0.4, 0.5) is 0 Å². The molecular weight excluding hydrogens is 226 g/mol. The summed E-state index contributed by atoms with van der Waals surface area (Å²) in [6.07, 6.45) is 2.98. The van der Waals surface area contributed by atoms with Crippen LogP contribution in [0.5, 0.6) is 5.75 Å². The van der Waals surface area contributed by atoms with Gasteiger partial charge in [0.15, 0.2) is 0 Å². The van der Waals surface area contributed by atoms with Gasteiger partial charge in [0.25, 0.3) is 0 Å². The van der Waals surface area contributed by atoms with Gasteiger partial charge in [-0.3, -0.25) is 0 Å². The van der Waals surface area contributed by atoms with E-state index >= 15 is 0 Å². The molecule has 3 N–H and O–H groups in total. The molecule has 1 aliphatic heterocycles. The maximum atomic E-state index is 9.74. The van der Waals surface area contributed by atoms with Crippen LogP contribution in [0, 0.1) is 5.92 Å². The van der Waals surface area contributed by atoms with Crippen LogP contribution in [-0.4, -0.2) is 24.4 Å². The topological polar surface area (TPSA) is 55.5 Å². The van der Waals surface area contributed by atoms with E-state index in [9.17, 15) is 5.11 Å². The second-order valence-electron chi connectivity index (χ2n) is 5.90. The maximum Gasteiger partial charge on any atom is 0.115 e. The van der Waals surface area contributed by atoms with Crippen LogP contribution in [0.25, 0.3) is 0 Å². The summed E-state index contributed by atoms with van der Waals surface area (Å²) in [6.45, 7) is 3.80. The van der Waals surface area contributed by atoms with Crippen molar-refractivity contribution in [2.45, 2.75) is 37.6 Å². The smallest absolute Gasteiger partial charge is 0.115 e. The average Bonchev–Trinajstić information content (AvgIpc) is 2.35. The molecule has 3 atom stereocenters. The zero-order valence-corrected chi connectivity index (χ0v) is 10.9. The third-order valence-corrected chi connectivity index (χ3v) is 4.83. The van der Waals surface area contributed by atoms with Crippen molar-refractivity contribution in [3.63, 3.8) is 0 Å². The number of ether oxygens (including phenoxy) is 1. The highest BCUT2D eigenvalue weighted by molar-refractivity contribution is 5.43. The van der Waals surface area contributed by atoms with Crippen molar-refractivity contribution in [3.05, 3.63) is 29.3 Å². The lowest BCUT2D eigenvalue weighted by molar-refractivity contribution is 0.0575. The lowest BCUT2D eigenvalue weighted by Gasteiger charge is -2.47. The molecular formula is C15H21NO2. The quantitative estimate of drug-likeness (QED) is 0.737. The fourth-order valence-electron chi connectivity index (χ4n) is 3.59. The standard InChI is InChI=1S/C15H21NO2/c1-15-5-7-18-6-4-11(14(15)16)8-10-2-3-12(17)9-13(10)15/h2-3,9,11,14,17H,4-8,16H2,1H3/t11?,14-,15?/m0/s1. The van der Waals surface area contributed by atoms with Crippen molar-refractivity contribution >= 4 is 0 Å². The van der Waals surface area contributed by atoms with Gasteiger partial charge in [-0.2, -0.15) is 0 Å². The van der Waals surface area contributed by atoms with E-state index < -0.39 is 0 Å². The van der Waals surface area contributed by atoms with Gasteiger partial charge in [-0.25, -0.2) is 0 Å². The van der Waals surface area contributed by atoms with Gasteiger partial charge in [0, 0.05) is 24.7 Å². The maximum absolute atomic E-state index is 9.74. The first-order valence-electron chi connectivity index (χ1n) is 6.77. The lowest BCUT2D eigenvalue weighted by atomic mass is 9.61. The van der Waals surface area contributed by atoms with Crippen molar-refractivity contribution in [1.29, 1.82) is 0 Å². The van der Waals surface area contributed by atoms with Crippen molar-refractivity contribution in [1.82, 2.24) is 0 Å². The van der Waals surface area contributed by atoms with Crippen LogP contribution in [0.3, 0.4) is 0 Å². The van der Waals surface area contributed by atoms with Crippen molar-refractivity contribution < 1.29 is 9.84 Å². The van der Waals surface area contributed by atoms with Crippen molar-refractivity contribution in [3.8, 4) is 5.75 Å². The van der Waals surface area contributed by atoms with Gasteiger partial charge in [-0.05, 0) is 48.4 Å². The molecule has 2 aliphatic rings. The molecule has 0 amide bonds. The van der Waals surface area contributed by atoms with Crippen LogP contribution in [0.1, 0.15) is 30.9 Å². The Morgan fingerprint density at radius 3 is 3.06 bits per heavy atom. The zero-order valence-electron chi connectivity index (χ0n) is 10.9. The number of fused-ring (bicyclic) bond motifs is 4. The Labute approximate surface area is 108 Å². The average molecular weight is 247 g/mol. The van der Waals surface area contributed by atoms with Crippen molar-refractivity contribution in [2.75, 3.05) is 13.2 Å². The number of nitrogens with two attached hydrogens (primary N) is 1. The third-order valence-electron chi connectivity index (χ3n) is 4.83. The highest BCUT2D eigenvalue weighted by Gasteiger charge is 2.44. The summed E-state index contributed by atoms with van der Waals surface area (Å²) in [7, 11) is 0. The number of hydrogen-bond acceptors (Lipinski definition) is 3. The largest absolute Gasteiger partial charge is 0.508 e. The van der Waals surface area contributed by atoms with Gasteiger partial charge in [-0.1, -0.05) is 13.0 Å². The minimum Gasteiger partial charge on any atom is -0.508 e. The van der Waals surface area contributed by atoms with E-state index in [4.69, 9.17) is 10.5 Å². The Balaban J connectivity index is 2.11. The van der Waals surface area contributed by atoms with Crippen LogP contribution in [0.2, 0.25) is 0 Å². The Kier molecular flexibility index (Phi) is 2.83. The van der Waals surface area contributed by atoms with Gasteiger partial charge in [-0.15, -0.1) is 0 Å². The van der Waals surface area contributed by atoms with Crippen LogP contribution in [0.15, 0.2) is 18.2 Å². The van der Waals surface area contributed by atoms with Gasteiger partial charge < -0.3 is 15.6 Å². The fourth-order valence-corrected chi connectivity index (χ4v) is 3.59. The highest BCUT2D eigenvalue weighted by Crippen LogP contribution is 2.44. The summed E-state index contributed by atoms with van der Waals surface area (Å²) < 4.78 is 5.65. The second kappa shape index (κ2) is 4.25. The molecule has 3 rings (SSSR count). The Morgan fingerprint density at radius 1 is 1.39 bits per heavy atom. The molecule has 0 saturated carbocycles. The first-order chi connectivity index (χ1) is 8.61. The summed E-state index contributed by atoms with van der Waals surface area (Å²) in [5.41, 5.74) is 9.01. The molecule has 1 fully saturated rings. The molecule has 3 heteroatoms. The van der Waals surface area contributed by atoms with E-state index in [0.29, 0.717) is 11.7 Å². The Morgan fingerprint density at radius 2 is 2.22 bits per heavy atom. The molecule has 0 spiro atoms. The predicted octanol–water partition coefficient (Wildman–Crippen LogP) is 1.96. The van der Waals surface area contributed by atoms with Gasteiger partial charge >= 0.3 is 0 Å². The molecule has 2 unspecified atom stereocenters. The number of rotatable bonds is 0. The van der Waals surface area contributed by atoms with E-state index in [-0.39, 0.29) is 11.5 Å². The highest BCUT2D eigenvalue weighted by atomic mass is 16.5. The van der Waals surface area contributed by atoms with Crippen LogP contribution in [-0.2, 0) is 16.6 Å². The summed E-state index contributed by atoms with van der Waals surface area (Å²) in [5.74, 6) is 0.830. The van der Waals surface area contributed by atoms with E-state index in [0.717, 1.165) is 32.5 Å². The summed E-state index contributed by atoms with van der Waals surface area (Å²) >= 11 is 0. The molecule has 1 aliphatic carbocycles. The van der Waals surface area contributed by atoms with E-state index in [1.54, 1.807) is 6.07 Å². The first kappa shape index (κ1) is 12.0. The second-order valence-corrected chi connectivity index (χ2v) is 5.90. The number of phenolic OH excluding ortho intramolecular Hbond substituents is 1. The molecule has 18 heavy (non-hydrogen) atoms. The SMILES string of the molecule is CC12CCOCCC(Cc3ccc(O)cc31)[C@@H]2N. The first-order valence-corrected chi connectivity index (χ1v) is 6.77. The molecule has 0 aromatic heterocycles. The number of benzene rings is 1. The van der Waals surface area contributed by atoms with E-state index in [1.165, 1.54) is 11.1 Å². The zero-order chi connectivity index (χ0) is 12.8. The van der Waals surface area contributed by atoms with Gasteiger partial charge in [0.2, 0.25) is 0 Å². The van der Waals surface area contributed by atoms with Gasteiger partial charge in [0.05, 0.1) is 0 Å². The van der Waals surface area contributed by atoms with Crippen LogP contribution >= 0.6 is 0 Å². The minimum atomic E-state index is -0.0720. The molecule has 2 bridgehead atoms. The summed E-state index contributed by atoms with van der Waals surface area (Å²) in [5, 5.41) is 9.74. The molecule has 1 aromatic carbocycles. The van der Waals surface area contributed by atoms with Crippen LogP contribution < -0.4 is 5.73 Å². The normalized spacial score (nSPS) is 35.4. The van der Waals surface area contributed by atoms with E-state index in [1.807, 2.05) is 6.07 Å². The van der Waals surface area contributed by atoms with Crippen molar-refractivity contribution in [2.24, 2.45) is 11.7 Å². The third kappa shape index (κ3) is 1.73. The Hall–Kier alpha value is -1.06. The predicted molar refractivity (Wildman–Crippen MR) is 70.7 cm³/mol. The number of phenols is 1. The Bertz CT molecular complexity index is 460. The minimum absolute atomic E-state index is 0.0720. The molecule has 1 aromatic rings. The molecule has 98 valence electrons. The molecule has 0 radical (unpaired) electrons. The monoisotopic (exact) mass is 247 g/mol.